The first kappa shape index (κ1) is 23.9. The van der Waals surface area contributed by atoms with E-state index in [9.17, 15) is 14.4 Å². The SMILES string of the molecule is CC(=O)C[C@H](C)C(=O)N1CCC(Oc2cccc(C(=O)N(C)CCN(C)C)c2)CC1. The Bertz CT molecular complexity index is 742. The lowest BCUT2D eigenvalue weighted by atomic mass is 10.0. The van der Waals surface area contributed by atoms with Gasteiger partial charge in [-0.3, -0.25) is 9.59 Å². The highest BCUT2D eigenvalue weighted by Gasteiger charge is 2.27. The molecule has 0 saturated carbocycles. The average Bonchev–Trinajstić information content (AvgIpc) is 2.71. The number of likely N-dealkylation sites (N-methyl/N-ethyl adjacent to an activating group) is 2. The van der Waals surface area contributed by atoms with E-state index in [4.69, 9.17) is 4.74 Å². The molecule has 0 unspecified atom stereocenters. The summed E-state index contributed by atoms with van der Waals surface area (Å²) in [5.74, 6) is 0.457. The smallest absolute Gasteiger partial charge is 0.253 e. The molecule has 1 aromatic carbocycles. The normalized spacial score (nSPS) is 15.7. The number of ketones is 1. The zero-order chi connectivity index (χ0) is 22.3. The predicted octanol–water partition coefficient (Wildman–Crippen LogP) is 2.31. The van der Waals surface area contributed by atoms with E-state index in [2.05, 4.69) is 0 Å². The zero-order valence-electron chi connectivity index (χ0n) is 18.9. The van der Waals surface area contributed by atoms with E-state index in [0.29, 0.717) is 37.4 Å². The van der Waals surface area contributed by atoms with Crippen molar-refractivity contribution in [1.82, 2.24) is 14.7 Å². The lowest BCUT2D eigenvalue weighted by Crippen LogP contribution is -2.44. The number of rotatable bonds is 9. The third-order valence-corrected chi connectivity index (χ3v) is 5.38. The van der Waals surface area contributed by atoms with Crippen LogP contribution in [0.1, 0.15) is 43.5 Å². The molecule has 0 N–H and O–H groups in total. The second-order valence-corrected chi connectivity index (χ2v) is 8.51. The van der Waals surface area contributed by atoms with Crippen LogP contribution in [0.15, 0.2) is 24.3 Å². The lowest BCUT2D eigenvalue weighted by molar-refractivity contribution is -0.138. The third kappa shape index (κ3) is 7.13. The van der Waals surface area contributed by atoms with Crippen LogP contribution in [0, 0.1) is 5.92 Å². The zero-order valence-corrected chi connectivity index (χ0v) is 18.9. The summed E-state index contributed by atoms with van der Waals surface area (Å²) in [6, 6.07) is 7.30. The number of carbonyl (C=O) groups excluding carboxylic acids is 3. The molecule has 0 aromatic heterocycles. The van der Waals surface area contributed by atoms with Crippen molar-refractivity contribution in [3.8, 4) is 5.75 Å². The molecule has 1 saturated heterocycles. The molecule has 2 amide bonds. The molecule has 1 aliphatic rings. The van der Waals surface area contributed by atoms with Crippen molar-refractivity contribution in [2.24, 2.45) is 5.92 Å². The van der Waals surface area contributed by atoms with Gasteiger partial charge in [-0.05, 0) is 39.2 Å². The number of Topliss-reactive ketones (excluding diaryl/α,β-unsaturated/α-hetero) is 1. The molecule has 0 radical (unpaired) electrons. The maximum atomic E-state index is 12.6. The number of piperidine rings is 1. The summed E-state index contributed by atoms with van der Waals surface area (Å²) in [6.07, 6.45) is 1.77. The quantitative estimate of drug-likeness (QED) is 0.617. The number of amides is 2. The van der Waals surface area contributed by atoms with Crippen LogP contribution in [0.4, 0.5) is 0 Å². The first-order chi connectivity index (χ1) is 14.2. The summed E-state index contributed by atoms with van der Waals surface area (Å²) >= 11 is 0. The largest absolute Gasteiger partial charge is 0.490 e. The number of nitrogens with zero attached hydrogens (tertiary/aromatic N) is 3. The van der Waals surface area contributed by atoms with Crippen LogP contribution in [0.2, 0.25) is 0 Å². The van der Waals surface area contributed by atoms with E-state index in [1.807, 2.05) is 43.0 Å². The number of hydrogen-bond donors (Lipinski definition) is 0. The topological polar surface area (TPSA) is 70.2 Å². The standard InChI is InChI=1S/C23H35N3O4/c1-17(15-18(2)27)22(28)26-11-9-20(10-12-26)30-21-8-6-7-19(16-21)23(29)25(5)14-13-24(3)4/h6-8,16-17,20H,9-15H2,1-5H3/t17-/m0/s1. The van der Waals surface area contributed by atoms with Gasteiger partial charge >= 0.3 is 0 Å². The van der Waals surface area contributed by atoms with Crippen molar-refractivity contribution >= 4 is 17.6 Å². The number of benzene rings is 1. The van der Waals surface area contributed by atoms with Gasteiger partial charge < -0.3 is 24.2 Å². The Labute approximate surface area is 180 Å². The van der Waals surface area contributed by atoms with Gasteiger partial charge in [0, 0.05) is 64.0 Å². The fourth-order valence-corrected chi connectivity index (χ4v) is 3.59. The Balaban J connectivity index is 1.88. The Morgan fingerprint density at radius 3 is 2.40 bits per heavy atom. The van der Waals surface area contributed by atoms with Crippen molar-refractivity contribution in [1.29, 1.82) is 0 Å². The van der Waals surface area contributed by atoms with Gasteiger partial charge in [0.15, 0.2) is 0 Å². The molecule has 2 rings (SSSR count). The van der Waals surface area contributed by atoms with Gasteiger partial charge in [0.05, 0.1) is 0 Å². The van der Waals surface area contributed by atoms with E-state index < -0.39 is 0 Å². The summed E-state index contributed by atoms with van der Waals surface area (Å²) in [7, 11) is 5.77. The van der Waals surface area contributed by atoms with E-state index in [-0.39, 0.29) is 29.6 Å². The highest BCUT2D eigenvalue weighted by atomic mass is 16.5. The highest BCUT2D eigenvalue weighted by molar-refractivity contribution is 5.94. The first-order valence-electron chi connectivity index (χ1n) is 10.6. The second kappa shape index (κ2) is 11.1. The predicted molar refractivity (Wildman–Crippen MR) is 117 cm³/mol. The van der Waals surface area contributed by atoms with Crippen LogP contribution in [0.3, 0.4) is 0 Å². The molecule has 1 aliphatic heterocycles. The Hall–Kier alpha value is -2.41. The monoisotopic (exact) mass is 417 g/mol. The minimum Gasteiger partial charge on any atom is -0.490 e. The summed E-state index contributed by atoms with van der Waals surface area (Å²) in [6.45, 7) is 6.04. The van der Waals surface area contributed by atoms with E-state index >= 15 is 0 Å². The molecule has 30 heavy (non-hydrogen) atoms. The Morgan fingerprint density at radius 1 is 1.13 bits per heavy atom. The summed E-state index contributed by atoms with van der Waals surface area (Å²) in [4.78, 5) is 42.0. The molecular weight excluding hydrogens is 382 g/mol. The minimum absolute atomic E-state index is 0.00832. The number of carbonyl (C=O) groups is 3. The van der Waals surface area contributed by atoms with Crippen LogP contribution in [0.25, 0.3) is 0 Å². The molecule has 166 valence electrons. The van der Waals surface area contributed by atoms with Crippen LogP contribution in [0.5, 0.6) is 5.75 Å². The van der Waals surface area contributed by atoms with Crippen molar-refractivity contribution in [3.63, 3.8) is 0 Å². The van der Waals surface area contributed by atoms with Crippen LogP contribution < -0.4 is 4.74 Å². The molecule has 7 nitrogen and oxygen atoms in total. The average molecular weight is 418 g/mol. The first-order valence-corrected chi connectivity index (χ1v) is 10.6. The van der Waals surface area contributed by atoms with Gasteiger partial charge in [0.2, 0.25) is 5.91 Å². The van der Waals surface area contributed by atoms with Crippen molar-refractivity contribution in [2.45, 2.75) is 39.2 Å². The Kier molecular flexibility index (Phi) is 8.84. The van der Waals surface area contributed by atoms with E-state index in [1.54, 1.807) is 24.1 Å². The fourth-order valence-electron chi connectivity index (χ4n) is 3.59. The van der Waals surface area contributed by atoms with Crippen molar-refractivity contribution in [2.75, 3.05) is 47.3 Å². The van der Waals surface area contributed by atoms with Gasteiger partial charge in [-0.25, -0.2) is 0 Å². The molecular formula is C23H35N3O4. The van der Waals surface area contributed by atoms with E-state index in [1.165, 1.54) is 6.92 Å². The third-order valence-electron chi connectivity index (χ3n) is 5.38. The number of ether oxygens (including phenoxy) is 1. The molecule has 1 heterocycles. The molecule has 1 aromatic rings. The molecule has 1 fully saturated rings. The van der Waals surface area contributed by atoms with Gasteiger partial charge in [-0.15, -0.1) is 0 Å². The summed E-state index contributed by atoms with van der Waals surface area (Å²) < 4.78 is 6.11. The van der Waals surface area contributed by atoms with Crippen LogP contribution in [-0.2, 0) is 9.59 Å². The maximum Gasteiger partial charge on any atom is 0.253 e. The number of hydrogen-bond acceptors (Lipinski definition) is 5. The van der Waals surface area contributed by atoms with Gasteiger partial charge in [0.1, 0.15) is 17.6 Å². The van der Waals surface area contributed by atoms with Crippen LogP contribution in [-0.4, -0.2) is 85.7 Å². The minimum atomic E-state index is -0.271. The molecule has 0 spiro atoms. The molecule has 0 aliphatic carbocycles. The molecule has 7 heteroatoms. The Morgan fingerprint density at radius 2 is 1.80 bits per heavy atom. The van der Waals surface area contributed by atoms with Crippen molar-refractivity contribution < 1.29 is 19.1 Å². The van der Waals surface area contributed by atoms with Gasteiger partial charge in [0.25, 0.3) is 5.91 Å². The number of likely N-dealkylation sites (tertiary alicyclic amines) is 1. The van der Waals surface area contributed by atoms with Gasteiger partial charge in [-0.1, -0.05) is 13.0 Å². The second-order valence-electron chi connectivity index (χ2n) is 8.51. The van der Waals surface area contributed by atoms with E-state index in [0.717, 1.165) is 19.4 Å². The maximum absolute atomic E-state index is 12.6. The summed E-state index contributed by atoms with van der Waals surface area (Å²) in [5.41, 5.74) is 0.611. The summed E-state index contributed by atoms with van der Waals surface area (Å²) in [5, 5.41) is 0. The van der Waals surface area contributed by atoms with Crippen molar-refractivity contribution in [3.05, 3.63) is 29.8 Å². The lowest BCUT2D eigenvalue weighted by Gasteiger charge is -2.33. The molecule has 1 atom stereocenters. The fraction of sp³-hybridized carbons (Fsp3) is 0.609. The van der Waals surface area contributed by atoms with Crippen LogP contribution >= 0.6 is 0 Å². The molecule has 0 bridgehead atoms. The van der Waals surface area contributed by atoms with Gasteiger partial charge in [-0.2, -0.15) is 0 Å². The highest BCUT2D eigenvalue weighted by Crippen LogP contribution is 2.22.